The van der Waals surface area contributed by atoms with Gasteiger partial charge in [-0.2, -0.15) is 0 Å². The van der Waals surface area contributed by atoms with Crippen molar-refractivity contribution in [2.75, 3.05) is 23.3 Å². The van der Waals surface area contributed by atoms with E-state index < -0.39 is 0 Å². The number of aryl methyl sites for hydroxylation is 1. The molecule has 0 saturated carbocycles. The van der Waals surface area contributed by atoms with Crippen LogP contribution < -0.4 is 10.2 Å². The fourth-order valence-electron chi connectivity index (χ4n) is 2.61. The van der Waals surface area contributed by atoms with Crippen molar-refractivity contribution >= 4 is 28.0 Å². The van der Waals surface area contributed by atoms with Gasteiger partial charge in [0.2, 0.25) is 5.82 Å². The molecule has 7 nitrogen and oxygen atoms in total. The number of nitrogens with one attached hydrogen (secondary N) is 1. The quantitative estimate of drug-likeness (QED) is 0.689. The van der Waals surface area contributed by atoms with Crippen molar-refractivity contribution in [2.45, 2.75) is 25.8 Å². The van der Waals surface area contributed by atoms with Crippen LogP contribution in [0.3, 0.4) is 0 Å². The van der Waals surface area contributed by atoms with Crippen LogP contribution in [0, 0.1) is 17.0 Å². The van der Waals surface area contributed by atoms with E-state index in [0.717, 1.165) is 36.8 Å². The lowest BCUT2D eigenvalue weighted by atomic mass is 10.1. The van der Waals surface area contributed by atoms with Crippen LogP contribution in [0.15, 0.2) is 23.7 Å². The second-order valence-corrected chi connectivity index (χ2v) is 6.16. The third kappa shape index (κ3) is 3.16. The summed E-state index contributed by atoms with van der Waals surface area (Å²) in [5.74, 6) is 0.469. The number of pyridine rings is 1. The molecule has 0 amide bonds. The number of piperidine rings is 1. The van der Waals surface area contributed by atoms with Gasteiger partial charge >= 0.3 is 5.69 Å². The van der Waals surface area contributed by atoms with Crippen molar-refractivity contribution in [3.05, 3.63) is 39.5 Å². The van der Waals surface area contributed by atoms with Gasteiger partial charge in [-0.05, 0) is 25.8 Å². The molecule has 1 N–H and O–H groups in total. The van der Waals surface area contributed by atoms with E-state index in [9.17, 15) is 10.1 Å². The van der Waals surface area contributed by atoms with Gasteiger partial charge in [0, 0.05) is 36.8 Å². The molecule has 1 aliphatic rings. The van der Waals surface area contributed by atoms with Crippen LogP contribution in [0.25, 0.3) is 0 Å². The Bertz CT molecular complexity index is 667. The van der Waals surface area contributed by atoms with Gasteiger partial charge in [0.1, 0.15) is 0 Å². The second-order valence-electron chi connectivity index (χ2n) is 5.30. The summed E-state index contributed by atoms with van der Waals surface area (Å²) in [4.78, 5) is 21.3. The normalized spacial score (nSPS) is 15.8. The molecule has 22 heavy (non-hydrogen) atoms. The van der Waals surface area contributed by atoms with E-state index in [-0.39, 0.29) is 10.6 Å². The first kappa shape index (κ1) is 14.7. The minimum atomic E-state index is -0.370. The Morgan fingerprint density at radius 1 is 1.45 bits per heavy atom. The maximum Gasteiger partial charge on any atom is 0.311 e. The van der Waals surface area contributed by atoms with Crippen LogP contribution >= 0.6 is 11.3 Å². The highest BCUT2D eigenvalue weighted by atomic mass is 32.1. The Kier molecular flexibility index (Phi) is 4.19. The molecular formula is C14H17N5O2S. The lowest BCUT2D eigenvalue weighted by Gasteiger charge is -2.32. The van der Waals surface area contributed by atoms with E-state index in [1.807, 2.05) is 17.2 Å². The number of thiazole rings is 1. The first-order valence-electron chi connectivity index (χ1n) is 7.16. The van der Waals surface area contributed by atoms with Crippen LogP contribution in [0.1, 0.15) is 18.5 Å². The maximum atomic E-state index is 11.1. The Morgan fingerprint density at radius 2 is 2.23 bits per heavy atom. The number of aromatic nitrogens is 2. The molecule has 0 unspecified atom stereocenters. The molecule has 0 aliphatic carbocycles. The lowest BCUT2D eigenvalue weighted by Crippen LogP contribution is -2.39. The number of rotatable bonds is 4. The molecular weight excluding hydrogens is 302 g/mol. The van der Waals surface area contributed by atoms with E-state index in [4.69, 9.17) is 0 Å². The van der Waals surface area contributed by atoms with Gasteiger partial charge in [-0.3, -0.25) is 10.1 Å². The summed E-state index contributed by atoms with van der Waals surface area (Å²) < 4.78 is 0. The highest BCUT2D eigenvalue weighted by Gasteiger charge is 2.25. The SMILES string of the molecule is Cc1csc(NC2CCN(c3ncccc3[N+](=O)[O-])CC2)n1. The van der Waals surface area contributed by atoms with Crippen LogP contribution in [-0.4, -0.2) is 34.0 Å². The molecule has 2 aromatic heterocycles. The largest absolute Gasteiger partial charge is 0.359 e. The van der Waals surface area contributed by atoms with E-state index in [1.54, 1.807) is 23.6 Å². The van der Waals surface area contributed by atoms with Crippen molar-refractivity contribution < 1.29 is 4.92 Å². The molecule has 0 bridgehead atoms. The van der Waals surface area contributed by atoms with E-state index in [1.165, 1.54) is 6.07 Å². The first-order chi connectivity index (χ1) is 10.6. The summed E-state index contributed by atoms with van der Waals surface area (Å²) in [5.41, 5.74) is 1.10. The monoisotopic (exact) mass is 319 g/mol. The number of nitrogens with zero attached hydrogens (tertiary/aromatic N) is 4. The maximum absolute atomic E-state index is 11.1. The predicted molar refractivity (Wildman–Crippen MR) is 86.6 cm³/mol. The zero-order valence-corrected chi connectivity index (χ0v) is 13.0. The average Bonchev–Trinajstić information content (AvgIpc) is 2.93. The summed E-state index contributed by atoms with van der Waals surface area (Å²) in [6.45, 7) is 3.48. The zero-order valence-electron chi connectivity index (χ0n) is 12.2. The number of hydrogen-bond donors (Lipinski definition) is 1. The zero-order chi connectivity index (χ0) is 15.5. The number of nitro groups is 1. The van der Waals surface area contributed by atoms with Gasteiger partial charge in [-0.15, -0.1) is 11.3 Å². The summed E-state index contributed by atoms with van der Waals surface area (Å²) >= 11 is 1.61. The first-order valence-corrected chi connectivity index (χ1v) is 8.04. The van der Waals surface area contributed by atoms with Crippen LogP contribution in [0.4, 0.5) is 16.6 Å². The van der Waals surface area contributed by atoms with Crippen molar-refractivity contribution in [2.24, 2.45) is 0 Å². The predicted octanol–water partition coefficient (Wildman–Crippen LogP) is 2.84. The molecule has 1 aliphatic heterocycles. The molecule has 0 atom stereocenters. The number of anilines is 2. The van der Waals surface area contributed by atoms with Crippen molar-refractivity contribution in [1.29, 1.82) is 0 Å². The second kappa shape index (κ2) is 6.27. The average molecular weight is 319 g/mol. The molecule has 2 aromatic rings. The van der Waals surface area contributed by atoms with Crippen LogP contribution in [0.2, 0.25) is 0 Å². The summed E-state index contributed by atoms with van der Waals surface area (Å²) in [7, 11) is 0. The van der Waals surface area contributed by atoms with Crippen molar-refractivity contribution in [3.8, 4) is 0 Å². The standard InChI is InChI=1S/C14H17N5O2S/c1-10-9-22-14(16-10)17-11-4-7-18(8-5-11)13-12(19(20)21)3-2-6-15-13/h2-3,6,9,11H,4-5,7-8H2,1H3,(H,16,17). The molecule has 1 saturated heterocycles. The third-order valence-electron chi connectivity index (χ3n) is 3.70. The third-order valence-corrected chi connectivity index (χ3v) is 4.60. The fraction of sp³-hybridized carbons (Fsp3) is 0.429. The van der Waals surface area contributed by atoms with E-state index in [2.05, 4.69) is 15.3 Å². The van der Waals surface area contributed by atoms with Gasteiger partial charge in [0.15, 0.2) is 5.13 Å². The summed E-state index contributed by atoms with van der Waals surface area (Å²) in [6, 6.07) is 3.45. The Hall–Kier alpha value is -2.22. The van der Waals surface area contributed by atoms with Gasteiger partial charge in [-0.25, -0.2) is 9.97 Å². The molecule has 0 radical (unpaired) electrons. The van der Waals surface area contributed by atoms with Gasteiger partial charge in [0.05, 0.1) is 10.6 Å². The summed E-state index contributed by atoms with van der Waals surface area (Å²) in [6.07, 6.45) is 3.42. The van der Waals surface area contributed by atoms with E-state index in [0.29, 0.717) is 11.9 Å². The van der Waals surface area contributed by atoms with Gasteiger partial charge in [-0.1, -0.05) is 0 Å². The molecule has 3 heterocycles. The Morgan fingerprint density at radius 3 is 2.86 bits per heavy atom. The minimum absolute atomic E-state index is 0.0736. The van der Waals surface area contributed by atoms with Crippen LogP contribution in [0.5, 0.6) is 0 Å². The van der Waals surface area contributed by atoms with Crippen molar-refractivity contribution in [1.82, 2.24) is 9.97 Å². The van der Waals surface area contributed by atoms with E-state index >= 15 is 0 Å². The topological polar surface area (TPSA) is 84.2 Å². The highest BCUT2D eigenvalue weighted by molar-refractivity contribution is 7.13. The number of hydrogen-bond acceptors (Lipinski definition) is 7. The summed E-state index contributed by atoms with van der Waals surface area (Å²) in [5, 5.41) is 17.5. The molecule has 3 rings (SSSR count). The lowest BCUT2D eigenvalue weighted by molar-refractivity contribution is -0.384. The van der Waals surface area contributed by atoms with Gasteiger partial charge in [0.25, 0.3) is 0 Å². The molecule has 0 spiro atoms. The molecule has 116 valence electrons. The minimum Gasteiger partial charge on any atom is -0.359 e. The molecule has 0 aromatic carbocycles. The highest BCUT2D eigenvalue weighted by Crippen LogP contribution is 2.28. The smallest absolute Gasteiger partial charge is 0.311 e. The fourth-order valence-corrected chi connectivity index (χ4v) is 3.37. The molecule has 8 heteroatoms. The Labute approximate surface area is 132 Å². The Balaban J connectivity index is 1.63. The molecule has 1 fully saturated rings. The van der Waals surface area contributed by atoms with Gasteiger partial charge < -0.3 is 10.2 Å². The van der Waals surface area contributed by atoms with Crippen molar-refractivity contribution in [3.63, 3.8) is 0 Å². The van der Waals surface area contributed by atoms with Crippen LogP contribution in [-0.2, 0) is 0 Å².